The molecule has 0 saturated carbocycles. The first kappa shape index (κ1) is 18.4. The molecule has 2 aromatic rings. The molecule has 0 aliphatic carbocycles. The third kappa shape index (κ3) is 4.80. The molecule has 0 aromatic heterocycles. The fourth-order valence-electron chi connectivity index (χ4n) is 2.20. The molecule has 24 heavy (non-hydrogen) atoms. The molecule has 2 aromatic carbocycles. The van der Waals surface area contributed by atoms with Crippen molar-refractivity contribution in [2.45, 2.75) is 18.4 Å². The van der Waals surface area contributed by atoms with Gasteiger partial charge in [-0.25, -0.2) is 8.42 Å². The first-order chi connectivity index (χ1) is 11.4. The lowest BCUT2D eigenvalue weighted by atomic mass is 10.2. The highest BCUT2D eigenvalue weighted by molar-refractivity contribution is 7.89. The molecule has 1 N–H and O–H groups in total. The Balaban J connectivity index is 2.34. The van der Waals surface area contributed by atoms with Crippen molar-refractivity contribution in [3.05, 3.63) is 65.2 Å². The second kappa shape index (κ2) is 8.28. The standard InChI is InChI=1S/C17H19ClN2O3S/c1-2-19-17(21)13-20(12-14-7-4-3-5-8-14)24(22,23)16-10-6-9-15(18)11-16/h3-11H,2,12-13H2,1H3,(H,19,21). The zero-order valence-electron chi connectivity index (χ0n) is 13.3. The summed E-state index contributed by atoms with van der Waals surface area (Å²) in [5, 5.41) is 2.95. The number of nitrogens with zero attached hydrogens (tertiary/aromatic N) is 1. The Labute approximate surface area is 147 Å². The van der Waals surface area contributed by atoms with Gasteiger partial charge in [0.15, 0.2) is 0 Å². The van der Waals surface area contributed by atoms with Crippen LogP contribution in [0.15, 0.2) is 59.5 Å². The minimum atomic E-state index is -3.85. The molecule has 0 saturated heterocycles. The van der Waals surface area contributed by atoms with Crippen molar-refractivity contribution in [2.75, 3.05) is 13.1 Å². The molecule has 0 heterocycles. The lowest BCUT2D eigenvalue weighted by molar-refractivity contribution is -0.121. The van der Waals surface area contributed by atoms with Gasteiger partial charge in [0.05, 0.1) is 11.4 Å². The van der Waals surface area contributed by atoms with Crippen molar-refractivity contribution in [3.8, 4) is 0 Å². The van der Waals surface area contributed by atoms with Gasteiger partial charge >= 0.3 is 0 Å². The second-order valence-electron chi connectivity index (χ2n) is 5.17. The van der Waals surface area contributed by atoms with Crippen LogP contribution in [-0.2, 0) is 21.4 Å². The maximum Gasteiger partial charge on any atom is 0.243 e. The minimum Gasteiger partial charge on any atom is -0.355 e. The van der Waals surface area contributed by atoms with Gasteiger partial charge in [-0.15, -0.1) is 0 Å². The molecule has 0 spiro atoms. The first-order valence-electron chi connectivity index (χ1n) is 7.50. The summed E-state index contributed by atoms with van der Waals surface area (Å²) in [5.41, 5.74) is 0.799. The molecule has 0 aliphatic heterocycles. The van der Waals surface area contributed by atoms with E-state index in [1.165, 1.54) is 12.1 Å². The van der Waals surface area contributed by atoms with Crippen molar-refractivity contribution >= 4 is 27.5 Å². The highest BCUT2D eigenvalue weighted by atomic mass is 35.5. The number of hydrogen-bond acceptors (Lipinski definition) is 3. The number of nitrogens with one attached hydrogen (secondary N) is 1. The van der Waals surface area contributed by atoms with E-state index in [2.05, 4.69) is 5.32 Å². The fraction of sp³-hybridized carbons (Fsp3) is 0.235. The molecule has 0 unspecified atom stereocenters. The van der Waals surface area contributed by atoms with Crippen molar-refractivity contribution < 1.29 is 13.2 Å². The summed E-state index contributed by atoms with van der Waals surface area (Å²) in [6.45, 7) is 2.07. The third-order valence-electron chi connectivity index (χ3n) is 3.33. The number of rotatable bonds is 7. The van der Waals surface area contributed by atoms with Crippen LogP contribution in [0, 0.1) is 0 Å². The van der Waals surface area contributed by atoms with Gasteiger partial charge in [-0.2, -0.15) is 4.31 Å². The molecular formula is C17H19ClN2O3S. The average Bonchev–Trinajstić information content (AvgIpc) is 2.55. The number of amides is 1. The van der Waals surface area contributed by atoms with Crippen molar-refractivity contribution in [2.24, 2.45) is 0 Å². The summed E-state index contributed by atoms with van der Waals surface area (Å²) in [5.74, 6) is -0.348. The van der Waals surface area contributed by atoms with Crippen molar-refractivity contribution in [1.82, 2.24) is 9.62 Å². The van der Waals surface area contributed by atoms with Gasteiger partial charge in [-0.05, 0) is 30.7 Å². The van der Waals surface area contributed by atoms with E-state index >= 15 is 0 Å². The third-order valence-corrected chi connectivity index (χ3v) is 5.35. The molecule has 0 aliphatic rings. The van der Waals surface area contributed by atoms with E-state index in [0.717, 1.165) is 9.87 Å². The summed E-state index contributed by atoms with van der Waals surface area (Å²) in [7, 11) is -3.85. The van der Waals surface area contributed by atoms with Crippen LogP contribution >= 0.6 is 11.6 Å². The highest BCUT2D eigenvalue weighted by Gasteiger charge is 2.26. The molecule has 0 atom stereocenters. The van der Waals surface area contributed by atoms with Crippen LogP contribution in [0.1, 0.15) is 12.5 Å². The van der Waals surface area contributed by atoms with Gasteiger partial charge in [0.25, 0.3) is 0 Å². The predicted octanol–water partition coefficient (Wildman–Crippen LogP) is 2.67. The van der Waals surface area contributed by atoms with Crippen LogP contribution in [0.25, 0.3) is 0 Å². The Bertz CT molecular complexity index is 794. The molecule has 1 amide bonds. The van der Waals surface area contributed by atoms with E-state index < -0.39 is 10.0 Å². The van der Waals surface area contributed by atoms with Crippen LogP contribution in [0.4, 0.5) is 0 Å². The molecule has 7 heteroatoms. The van der Waals surface area contributed by atoms with Crippen LogP contribution < -0.4 is 5.32 Å². The second-order valence-corrected chi connectivity index (χ2v) is 7.54. The average molecular weight is 367 g/mol. The number of halogens is 1. The van der Waals surface area contributed by atoms with Gasteiger partial charge < -0.3 is 5.32 Å². The summed E-state index contributed by atoms with van der Waals surface area (Å²) < 4.78 is 27.0. The van der Waals surface area contributed by atoms with Crippen LogP contribution in [-0.4, -0.2) is 31.7 Å². The normalized spacial score (nSPS) is 11.5. The fourth-order valence-corrected chi connectivity index (χ4v) is 3.89. The molecule has 0 fully saturated rings. The molecule has 128 valence electrons. The van der Waals surface area contributed by atoms with Gasteiger partial charge in [-0.1, -0.05) is 48.0 Å². The quantitative estimate of drug-likeness (QED) is 0.819. The lowest BCUT2D eigenvalue weighted by Crippen LogP contribution is -2.40. The molecular weight excluding hydrogens is 348 g/mol. The predicted molar refractivity (Wildman–Crippen MR) is 94.2 cm³/mol. The first-order valence-corrected chi connectivity index (χ1v) is 9.31. The van der Waals surface area contributed by atoms with E-state index in [1.54, 1.807) is 19.1 Å². The lowest BCUT2D eigenvalue weighted by Gasteiger charge is -2.22. The van der Waals surface area contributed by atoms with E-state index in [4.69, 9.17) is 11.6 Å². The number of carbonyl (C=O) groups is 1. The number of hydrogen-bond donors (Lipinski definition) is 1. The Hall–Kier alpha value is -1.89. The summed E-state index contributed by atoms with van der Waals surface area (Å²) in [6.07, 6.45) is 0. The van der Waals surface area contributed by atoms with Crippen molar-refractivity contribution in [3.63, 3.8) is 0 Å². The smallest absolute Gasteiger partial charge is 0.243 e. The molecule has 0 bridgehead atoms. The van der Waals surface area contributed by atoms with Crippen LogP contribution in [0.3, 0.4) is 0 Å². The van der Waals surface area contributed by atoms with Gasteiger partial charge in [0.2, 0.25) is 15.9 Å². The largest absolute Gasteiger partial charge is 0.355 e. The number of carbonyl (C=O) groups excluding carboxylic acids is 1. The van der Waals surface area contributed by atoms with Gasteiger partial charge in [-0.3, -0.25) is 4.79 Å². The van der Waals surface area contributed by atoms with Crippen LogP contribution in [0.5, 0.6) is 0 Å². The monoisotopic (exact) mass is 366 g/mol. The number of sulfonamides is 1. The van der Waals surface area contributed by atoms with Gasteiger partial charge in [0, 0.05) is 18.1 Å². The zero-order valence-corrected chi connectivity index (χ0v) is 14.8. The van der Waals surface area contributed by atoms with Gasteiger partial charge in [0.1, 0.15) is 0 Å². The summed E-state index contributed by atoms with van der Waals surface area (Å²) >= 11 is 5.91. The Morgan fingerprint density at radius 3 is 2.46 bits per heavy atom. The van der Waals surface area contributed by atoms with E-state index in [9.17, 15) is 13.2 Å². The Morgan fingerprint density at radius 1 is 1.12 bits per heavy atom. The zero-order chi connectivity index (χ0) is 17.6. The van der Waals surface area contributed by atoms with Crippen molar-refractivity contribution in [1.29, 1.82) is 0 Å². The molecule has 2 rings (SSSR count). The minimum absolute atomic E-state index is 0.0650. The van der Waals surface area contributed by atoms with Crippen LogP contribution in [0.2, 0.25) is 5.02 Å². The number of benzene rings is 2. The summed E-state index contributed by atoms with van der Waals surface area (Å²) in [4.78, 5) is 12.0. The molecule has 5 nitrogen and oxygen atoms in total. The Kier molecular flexibility index (Phi) is 6.36. The maximum absolute atomic E-state index is 12.9. The van der Waals surface area contributed by atoms with E-state index in [1.807, 2.05) is 30.3 Å². The summed E-state index contributed by atoms with van der Waals surface area (Å²) in [6, 6.07) is 15.2. The van der Waals surface area contributed by atoms with E-state index in [0.29, 0.717) is 11.6 Å². The topological polar surface area (TPSA) is 66.5 Å². The SMILES string of the molecule is CCNC(=O)CN(Cc1ccccc1)S(=O)(=O)c1cccc(Cl)c1. The Morgan fingerprint density at radius 2 is 1.83 bits per heavy atom. The number of likely N-dealkylation sites (N-methyl/N-ethyl adjacent to an activating group) is 1. The highest BCUT2D eigenvalue weighted by Crippen LogP contribution is 2.21. The maximum atomic E-state index is 12.9. The van der Waals surface area contributed by atoms with E-state index in [-0.39, 0.29) is 23.9 Å². The molecule has 0 radical (unpaired) electrons.